The molecule has 1 spiro atoms. The molecular formula is C15H22O3. The molecule has 3 rings (SSSR count). The minimum Gasteiger partial charge on any atom is -0.455 e. The lowest BCUT2D eigenvalue weighted by molar-refractivity contribution is -0.190. The first-order valence-corrected chi connectivity index (χ1v) is 7.06. The molecule has 6 atom stereocenters. The van der Waals surface area contributed by atoms with Crippen LogP contribution in [0, 0.1) is 23.7 Å². The van der Waals surface area contributed by atoms with E-state index >= 15 is 0 Å². The third kappa shape index (κ3) is 1.31. The second-order valence-corrected chi connectivity index (χ2v) is 6.41. The number of aliphatic hydroxyl groups is 1. The Labute approximate surface area is 108 Å². The summed E-state index contributed by atoms with van der Waals surface area (Å²) in [5.41, 5.74) is 0.659. The van der Waals surface area contributed by atoms with Gasteiger partial charge < -0.3 is 9.84 Å². The minimum atomic E-state index is -0.632. The van der Waals surface area contributed by atoms with E-state index in [4.69, 9.17) is 4.74 Å². The molecule has 1 aliphatic heterocycles. The Morgan fingerprint density at radius 2 is 2.11 bits per heavy atom. The van der Waals surface area contributed by atoms with Crippen LogP contribution in [0.5, 0.6) is 0 Å². The molecule has 0 aromatic carbocycles. The first-order valence-electron chi connectivity index (χ1n) is 7.06. The van der Waals surface area contributed by atoms with Crippen LogP contribution in [0.2, 0.25) is 0 Å². The molecule has 3 aliphatic rings. The van der Waals surface area contributed by atoms with Crippen molar-refractivity contribution in [2.45, 2.75) is 51.7 Å². The summed E-state index contributed by atoms with van der Waals surface area (Å²) < 4.78 is 5.79. The molecule has 0 amide bonds. The van der Waals surface area contributed by atoms with Gasteiger partial charge in [0.1, 0.15) is 5.60 Å². The number of carbonyl (C=O) groups is 1. The lowest BCUT2D eigenvalue weighted by atomic mass is 9.57. The highest BCUT2D eigenvalue weighted by Gasteiger charge is 2.64. The van der Waals surface area contributed by atoms with Crippen LogP contribution in [0.4, 0.5) is 0 Å². The molecule has 1 saturated carbocycles. The van der Waals surface area contributed by atoms with Gasteiger partial charge in [0.25, 0.3) is 0 Å². The van der Waals surface area contributed by atoms with E-state index in [-0.39, 0.29) is 29.6 Å². The zero-order valence-electron chi connectivity index (χ0n) is 11.3. The Bertz CT molecular complexity index is 414. The lowest BCUT2D eigenvalue weighted by Crippen LogP contribution is -2.60. The van der Waals surface area contributed by atoms with Crippen molar-refractivity contribution >= 4 is 5.97 Å². The summed E-state index contributed by atoms with van der Waals surface area (Å²) in [6, 6.07) is 0. The van der Waals surface area contributed by atoms with E-state index < -0.39 is 11.7 Å². The Morgan fingerprint density at radius 3 is 2.83 bits per heavy atom. The Balaban J connectivity index is 2.10. The van der Waals surface area contributed by atoms with Crippen LogP contribution in [0.15, 0.2) is 11.6 Å². The quantitative estimate of drug-likeness (QED) is 0.530. The summed E-state index contributed by atoms with van der Waals surface area (Å²) in [6.45, 7) is 6.12. The Morgan fingerprint density at radius 1 is 1.39 bits per heavy atom. The highest BCUT2D eigenvalue weighted by atomic mass is 16.6. The largest absolute Gasteiger partial charge is 0.455 e. The third-order valence-electron chi connectivity index (χ3n) is 5.53. The summed E-state index contributed by atoms with van der Waals surface area (Å²) >= 11 is 0. The van der Waals surface area contributed by atoms with E-state index in [0.717, 1.165) is 19.3 Å². The second-order valence-electron chi connectivity index (χ2n) is 6.41. The van der Waals surface area contributed by atoms with Crippen LogP contribution >= 0.6 is 0 Å². The number of carbonyl (C=O) groups excluding carboxylic acids is 1. The SMILES string of the molecule is CC1=CC[C@H]2[C@H](C)C(=O)O[C@@]23[C@H](O)[C@H](C)CC[C@@H]13. The number of hydrogen-bond donors (Lipinski definition) is 1. The number of esters is 1. The van der Waals surface area contributed by atoms with E-state index in [0.29, 0.717) is 0 Å². The molecule has 1 saturated heterocycles. The number of aliphatic hydroxyl groups excluding tert-OH is 1. The summed E-state index contributed by atoms with van der Waals surface area (Å²) in [4.78, 5) is 12.0. The molecule has 1 N–H and O–H groups in total. The molecule has 2 fully saturated rings. The average molecular weight is 250 g/mol. The molecular weight excluding hydrogens is 228 g/mol. The minimum absolute atomic E-state index is 0.0863. The van der Waals surface area contributed by atoms with E-state index in [1.54, 1.807) is 0 Å². The zero-order chi connectivity index (χ0) is 13.1. The molecule has 0 radical (unpaired) electrons. The molecule has 3 nitrogen and oxygen atoms in total. The van der Waals surface area contributed by atoms with Crippen molar-refractivity contribution in [3.63, 3.8) is 0 Å². The second kappa shape index (κ2) is 3.83. The van der Waals surface area contributed by atoms with Crippen molar-refractivity contribution in [3.05, 3.63) is 11.6 Å². The molecule has 0 aromatic rings. The summed E-state index contributed by atoms with van der Waals surface area (Å²) in [5.74, 6) is 0.374. The smallest absolute Gasteiger partial charge is 0.309 e. The molecule has 0 unspecified atom stereocenters. The van der Waals surface area contributed by atoms with Gasteiger partial charge in [0, 0.05) is 11.8 Å². The van der Waals surface area contributed by atoms with Gasteiger partial charge in [-0.25, -0.2) is 0 Å². The van der Waals surface area contributed by atoms with Crippen molar-refractivity contribution in [1.29, 1.82) is 0 Å². The fourth-order valence-corrected chi connectivity index (χ4v) is 4.40. The monoisotopic (exact) mass is 250 g/mol. The molecule has 18 heavy (non-hydrogen) atoms. The molecule has 100 valence electrons. The molecule has 2 aliphatic carbocycles. The van der Waals surface area contributed by atoms with Crippen molar-refractivity contribution in [1.82, 2.24) is 0 Å². The average Bonchev–Trinajstić information content (AvgIpc) is 2.59. The lowest BCUT2D eigenvalue weighted by Gasteiger charge is -2.52. The van der Waals surface area contributed by atoms with Gasteiger partial charge in [-0.2, -0.15) is 0 Å². The van der Waals surface area contributed by atoms with Gasteiger partial charge in [0.2, 0.25) is 0 Å². The predicted octanol–water partition coefficient (Wildman–Crippen LogP) is 2.29. The standard InChI is InChI=1S/C15H22O3/c1-8-4-7-12-10(3)14(17)18-15(12)11(8)6-5-9(2)13(15)16/h4,9-13,16H,5-7H2,1-3H3/t9-,10+,11+,12+,13-,15-/m1/s1. The van der Waals surface area contributed by atoms with Crippen LogP contribution in [0.1, 0.15) is 40.0 Å². The zero-order valence-corrected chi connectivity index (χ0v) is 11.3. The Kier molecular flexibility index (Phi) is 2.60. The van der Waals surface area contributed by atoms with Crippen molar-refractivity contribution in [2.75, 3.05) is 0 Å². The molecule has 3 heteroatoms. The Hall–Kier alpha value is -0.830. The fraction of sp³-hybridized carbons (Fsp3) is 0.800. The van der Waals surface area contributed by atoms with Gasteiger partial charge in [0.05, 0.1) is 12.0 Å². The third-order valence-corrected chi connectivity index (χ3v) is 5.53. The summed E-state index contributed by atoms with van der Waals surface area (Å²) in [6.07, 6.45) is 4.63. The first-order chi connectivity index (χ1) is 8.48. The highest BCUT2D eigenvalue weighted by Crippen LogP contribution is 2.56. The highest BCUT2D eigenvalue weighted by molar-refractivity contribution is 5.76. The van der Waals surface area contributed by atoms with Gasteiger partial charge in [-0.3, -0.25) is 4.79 Å². The number of ether oxygens (including phenoxy) is 1. The maximum atomic E-state index is 12.0. The van der Waals surface area contributed by atoms with Crippen molar-refractivity contribution in [3.8, 4) is 0 Å². The van der Waals surface area contributed by atoms with Gasteiger partial charge in [-0.1, -0.05) is 25.5 Å². The predicted molar refractivity (Wildman–Crippen MR) is 67.7 cm³/mol. The normalized spacial score (nSPS) is 51.2. The van der Waals surface area contributed by atoms with E-state index in [1.165, 1.54) is 5.57 Å². The van der Waals surface area contributed by atoms with Crippen molar-refractivity contribution in [2.24, 2.45) is 23.7 Å². The summed E-state index contributed by atoms with van der Waals surface area (Å²) in [7, 11) is 0. The maximum absolute atomic E-state index is 12.0. The topological polar surface area (TPSA) is 46.5 Å². The van der Waals surface area contributed by atoms with Crippen molar-refractivity contribution < 1.29 is 14.6 Å². The number of hydrogen-bond acceptors (Lipinski definition) is 3. The van der Waals surface area contributed by atoms with Crippen LogP contribution in [0.3, 0.4) is 0 Å². The van der Waals surface area contributed by atoms with Gasteiger partial charge in [0.15, 0.2) is 0 Å². The molecule has 0 bridgehead atoms. The van der Waals surface area contributed by atoms with Crippen LogP contribution in [-0.2, 0) is 9.53 Å². The number of allylic oxidation sites excluding steroid dienone is 1. The maximum Gasteiger partial charge on any atom is 0.309 e. The van der Waals surface area contributed by atoms with Crippen LogP contribution in [-0.4, -0.2) is 22.8 Å². The fourth-order valence-electron chi connectivity index (χ4n) is 4.40. The van der Waals surface area contributed by atoms with E-state index in [2.05, 4.69) is 19.9 Å². The van der Waals surface area contributed by atoms with Crippen LogP contribution in [0.25, 0.3) is 0 Å². The van der Waals surface area contributed by atoms with E-state index in [9.17, 15) is 9.90 Å². The van der Waals surface area contributed by atoms with Gasteiger partial charge in [-0.15, -0.1) is 0 Å². The van der Waals surface area contributed by atoms with Crippen LogP contribution < -0.4 is 0 Å². The van der Waals surface area contributed by atoms with Gasteiger partial charge in [-0.05, 0) is 32.1 Å². The summed E-state index contributed by atoms with van der Waals surface area (Å²) in [5, 5.41) is 10.7. The molecule has 1 heterocycles. The van der Waals surface area contributed by atoms with E-state index in [1.807, 2.05) is 6.92 Å². The first kappa shape index (κ1) is 12.2. The number of rotatable bonds is 0. The molecule has 0 aromatic heterocycles. The van der Waals surface area contributed by atoms with Gasteiger partial charge >= 0.3 is 5.97 Å².